The van der Waals surface area contributed by atoms with Gasteiger partial charge < -0.3 is 23.7 Å². The average Bonchev–Trinajstić information content (AvgIpc) is 3.13. The van der Waals surface area contributed by atoms with Gasteiger partial charge in [0.1, 0.15) is 29.6 Å². The lowest BCUT2D eigenvalue weighted by atomic mass is 10.0. The van der Waals surface area contributed by atoms with Crippen LogP contribution in [0.3, 0.4) is 0 Å². The van der Waals surface area contributed by atoms with Crippen LogP contribution in [0, 0.1) is 6.92 Å². The van der Waals surface area contributed by atoms with E-state index in [2.05, 4.69) is 15.9 Å². The molecule has 0 atom stereocenters. The van der Waals surface area contributed by atoms with Crippen molar-refractivity contribution < 1.29 is 28.5 Å². The third kappa shape index (κ3) is 4.34. The molecule has 0 bridgehead atoms. The van der Waals surface area contributed by atoms with Crippen molar-refractivity contribution in [1.29, 1.82) is 0 Å². The van der Waals surface area contributed by atoms with Crippen molar-refractivity contribution in [3.05, 3.63) is 86.6 Å². The van der Waals surface area contributed by atoms with Crippen LogP contribution in [0.4, 0.5) is 0 Å². The molecule has 0 amide bonds. The van der Waals surface area contributed by atoms with Crippen LogP contribution in [0.5, 0.6) is 23.0 Å². The van der Waals surface area contributed by atoms with Crippen LogP contribution >= 0.6 is 15.9 Å². The minimum Gasteiger partial charge on any atom is -0.497 e. The summed E-state index contributed by atoms with van der Waals surface area (Å²) in [5.41, 5.74) is 3.99. The second kappa shape index (κ2) is 8.92. The van der Waals surface area contributed by atoms with Crippen LogP contribution in [0.25, 0.3) is 6.08 Å². The molecule has 0 radical (unpaired) electrons. The van der Waals surface area contributed by atoms with Gasteiger partial charge in [-0.2, -0.15) is 0 Å². The Balaban J connectivity index is 1.41. The fraction of sp³-hybridized carbons (Fsp3) is 0.192. The topological polar surface area (TPSA) is 63.2 Å². The van der Waals surface area contributed by atoms with E-state index in [1.165, 1.54) is 0 Å². The van der Waals surface area contributed by atoms with E-state index in [-0.39, 0.29) is 18.3 Å². The van der Waals surface area contributed by atoms with Crippen molar-refractivity contribution in [3.8, 4) is 23.0 Å². The summed E-state index contributed by atoms with van der Waals surface area (Å²) >= 11 is 3.51. The number of hydrogen-bond acceptors (Lipinski definition) is 6. The van der Waals surface area contributed by atoms with Crippen molar-refractivity contribution in [3.63, 3.8) is 0 Å². The molecule has 0 aromatic heterocycles. The summed E-state index contributed by atoms with van der Waals surface area (Å²) in [4.78, 5) is 13.1. The number of allylic oxidation sites excluding steroid dienone is 1. The quantitative estimate of drug-likeness (QED) is 0.404. The number of rotatable bonds is 5. The van der Waals surface area contributed by atoms with Crippen LogP contribution in [0.15, 0.2) is 58.8 Å². The third-order valence-electron chi connectivity index (χ3n) is 5.47. The number of hydrogen-bond donors (Lipinski definition) is 0. The first-order chi connectivity index (χ1) is 16.0. The zero-order chi connectivity index (χ0) is 22.9. The van der Waals surface area contributed by atoms with Gasteiger partial charge >= 0.3 is 0 Å². The summed E-state index contributed by atoms with van der Waals surface area (Å²) in [6.07, 6.45) is 1.72. The zero-order valence-electron chi connectivity index (χ0n) is 18.1. The van der Waals surface area contributed by atoms with Gasteiger partial charge in [0.15, 0.2) is 12.6 Å². The Morgan fingerprint density at radius 3 is 2.85 bits per heavy atom. The Morgan fingerprint density at radius 1 is 1.12 bits per heavy atom. The molecule has 3 aromatic carbocycles. The minimum absolute atomic E-state index is 0.164. The molecule has 168 valence electrons. The predicted molar refractivity (Wildman–Crippen MR) is 126 cm³/mol. The summed E-state index contributed by atoms with van der Waals surface area (Å²) in [5.74, 6) is 2.66. The molecular formula is C26H21BrO6. The normalized spacial score (nSPS) is 15.5. The number of carbonyl (C=O) groups is 1. The lowest BCUT2D eigenvalue weighted by Crippen LogP contribution is -2.12. The van der Waals surface area contributed by atoms with Crippen LogP contribution in [0.2, 0.25) is 0 Å². The first-order valence-corrected chi connectivity index (χ1v) is 11.2. The van der Waals surface area contributed by atoms with E-state index >= 15 is 0 Å². The fourth-order valence-corrected chi connectivity index (χ4v) is 4.47. The number of halogens is 1. The van der Waals surface area contributed by atoms with E-state index in [1.807, 2.05) is 49.4 Å². The molecule has 7 heteroatoms. The monoisotopic (exact) mass is 508 g/mol. The second-order valence-corrected chi connectivity index (χ2v) is 8.70. The van der Waals surface area contributed by atoms with Crippen LogP contribution < -0.4 is 18.9 Å². The zero-order valence-corrected chi connectivity index (χ0v) is 19.7. The Bertz CT molecular complexity index is 1280. The molecule has 5 rings (SSSR count). The van der Waals surface area contributed by atoms with Gasteiger partial charge in [0.05, 0.1) is 19.3 Å². The molecule has 33 heavy (non-hydrogen) atoms. The van der Waals surface area contributed by atoms with Crippen molar-refractivity contribution >= 4 is 27.8 Å². The summed E-state index contributed by atoms with van der Waals surface area (Å²) in [5, 5.41) is 0. The molecule has 0 unspecified atom stereocenters. The number of fused-ring (bicyclic) bond motifs is 2. The van der Waals surface area contributed by atoms with Gasteiger partial charge in [-0.25, -0.2) is 0 Å². The van der Waals surface area contributed by atoms with E-state index < -0.39 is 0 Å². The molecule has 0 N–H and O–H groups in total. The molecule has 2 heterocycles. The largest absolute Gasteiger partial charge is 0.497 e. The van der Waals surface area contributed by atoms with Gasteiger partial charge in [-0.1, -0.05) is 28.1 Å². The highest BCUT2D eigenvalue weighted by Gasteiger charge is 2.30. The van der Waals surface area contributed by atoms with Crippen molar-refractivity contribution in [2.75, 3.05) is 13.9 Å². The number of methoxy groups -OCH3 is 1. The molecule has 0 saturated carbocycles. The van der Waals surface area contributed by atoms with Gasteiger partial charge in [0, 0.05) is 21.7 Å². The number of Topliss-reactive ketones (excluding diaryl/α,β-unsaturated/α-hetero) is 1. The van der Waals surface area contributed by atoms with E-state index in [4.69, 9.17) is 23.7 Å². The molecule has 0 fully saturated rings. The number of carbonyl (C=O) groups excluding carboxylic acids is 1. The summed E-state index contributed by atoms with van der Waals surface area (Å²) in [6.45, 7) is 2.87. The average molecular weight is 509 g/mol. The highest BCUT2D eigenvalue weighted by molar-refractivity contribution is 9.10. The maximum atomic E-state index is 13.1. The van der Waals surface area contributed by atoms with Gasteiger partial charge in [0.25, 0.3) is 0 Å². The molecule has 2 aliphatic rings. The number of ketones is 1. The molecule has 2 aliphatic heterocycles. The standard InChI is InChI=1S/C26H21BrO6/c1-15-6-21(31-12-16-4-3-5-20(7-16)29-2)11-22-24(15)25(28)23(33-22)10-17-8-19(27)9-18-13-30-14-32-26(17)18/h3-11H,12-14H2,1-2H3/b23-10-. The van der Waals surface area contributed by atoms with Crippen molar-refractivity contribution in [1.82, 2.24) is 0 Å². The highest BCUT2D eigenvalue weighted by Crippen LogP contribution is 2.39. The smallest absolute Gasteiger partial charge is 0.232 e. The van der Waals surface area contributed by atoms with Crippen molar-refractivity contribution in [2.24, 2.45) is 0 Å². The first kappa shape index (κ1) is 21.6. The number of aryl methyl sites for hydroxylation is 1. The number of ether oxygens (including phenoxy) is 5. The maximum Gasteiger partial charge on any atom is 0.232 e. The molecule has 0 saturated heterocycles. The summed E-state index contributed by atoms with van der Waals surface area (Å²) < 4.78 is 29.1. The van der Waals surface area contributed by atoms with E-state index in [0.29, 0.717) is 36.0 Å². The number of benzene rings is 3. The maximum absolute atomic E-state index is 13.1. The lowest BCUT2D eigenvalue weighted by Gasteiger charge is -2.20. The Morgan fingerprint density at radius 2 is 2.00 bits per heavy atom. The Labute approximate surface area is 199 Å². The SMILES string of the molecule is COc1cccc(COc2cc(C)c3c(c2)O/C(=C\c2cc(Br)cc4c2OCOC4)C3=O)c1. The first-order valence-electron chi connectivity index (χ1n) is 10.4. The second-order valence-electron chi connectivity index (χ2n) is 7.79. The molecular weight excluding hydrogens is 488 g/mol. The lowest BCUT2D eigenvalue weighted by molar-refractivity contribution is -0.0165. The van der Waals surface area contributed by atoms with E-state index in [0.717, 1.165) is 32.5 Å². The fourth-order valence-electron chi connectivity index (χ4n) is 3.95. The van der Waals surface area contributed by atoms with Crippen LogP contribution in [-0.2, 0) is 18.0 Å². The molecule has 0 spiro atoms. The van der Waals surface area contributed by atoms with Gasteiger partial charge in [-0.05, 0) is 54.5 Å². The van der Waals surface area contributed by atoms with Crippen LogP contribution in [-0.4, -0.2) is 19.7 Å². The molecule has 0 aliphatic carbocycles. The molecule has 6 nitrogen and oxygen atoms in total. The van der Waals surface area contributed by atoms with E-state index in [9.17, 15) is 4.79 Å². The Hall–Kier alpha value is -3.29. The minimum atomic E-state index is -0.164. The summed E-state index contributed by atoms with van der Waals surface area (Å²) in [7, 11) is 1.63. The highest BCUT2D eigenvalue weighted by atomic mass is 79.9. The van der Waals surface area contributed by atoms with Gasteiger partial charge in [-0.3, -0.25) is 4.79 Å². The van der Waals surface area contributed by atoms with Crippen LogP contribution in [0.1, 0.15) is 32.6 Å². The van der Waals surface area contributed by atoms with E-state index in [1.54, 1.807) is 19.3 Å². The van der Waals surface area contributed by atoms with Gasteiger partial charge in [-0.15, -0.1) is 0 Å². The molecule has 3 aromatic rings. The van der Waals surface area contributed by atoms with Gasteiger partial charge in [0.2, 0.25) is 5.78 Å². The summed E-state index contributed by atoms with van der Waals surface area (Å²) in [6, 6.07) is 15.1. The van der Waals surface area contributed by atoms with Crippen molar-refractivity contribution in [2.45, 2.75) is 20.1 Å². The predicted octanol–water partition coefficient (Wildman–Crippen LogP) is 5.83. The Kier molecular flexibility index (Phi) is 5.83. The third-order valence-corrected chi connectivity index (χ3v) is 5.93.